The molecular formula is C17H27NO4. The van der Waals surface area contributed by atoms with Crippen molar-refractivity contribution in [2.45, 2.75) is 65.0 Å². The van der Waals surface area contributed by atoms with Gasteiger partial charge in [-0.05, 0) is 53.4 Å². The van der Waals surface area contributed by atoms with Crippen molar-refractivity contribution in [3.8, 4) is 0 Å². The maximum absolute atomic E-state index is 12.3. The fourth-order valence-corrected chi connectivity index (χ4v) is 3.65. The molecule has 0 aromatic heterocycles. The molecule has 1 aliphatic carbocycles. The molecule has 2 atom stereocenters. The van der Waals surface area contributed by atoms with E-state index in [1.807, 2.05) is 33.8 Å². The molecule has 1 aliphatic heterocycles. The second-order valence-electron chi connectivity index (χ2n) is 7.41. The summed E-state index contributed by atoms with van der Waals surface area (Å²) in [5.74, 6) is -0.226. The molecule has 0 bridgehead atoms. The Morgan fingerprint density at radius 2 is 2.00 bits per heavy atom. The van der Waals surface area contributed by atoms with E-state index in [2.05, 4.69) is 0 Å². The molecule has 0 aromatic carbocycles. The van der Waals surface area contributed by atoms with Crippen molar-refractivity contribution in [1.82, 2.24) is 4.90 Å². The van der Waals surface area contributed by atoms with Crippen molar-refractivity contribution in [2.24, 2.45) is 5.41 Å². The van der Waals surface area contributed by atoms with Gasteiger partial charge in [0.1, 0.15) is 5.60 Å². The SMILES string of the molecule is COC(=O)C1=CCCC12CCN(C(=O)OC(C)(C)C)C(C)C2. The fraction of sp³-hybridized carbons (Fsp3) is 0.765. The average molecular weight is 309 g/mol. The van der Waals surface area contributed by atoms with E-state index >= 15 is 0 Å². The van der Waals surface area contributed by atoms with Gasteiger partial charge in [0.05, 0.1) is 7.11 Å². The van der Waals surface area contributed by atoms with Gasteiger partial charge in [-0.25, -0.2) is 9.59 Å². The first-order chi connectivity index (χ1) is 10.2. The predicted octanol–water partition coefficient (Wildman–Crippen LogP) is 3.29. The summed E-state index contributed by atoms with van der Waals surface area (Å²) in [6.45, 7) is 8.25. The van der Waals surface area contributed by atoms with Crippen LogP contribution >= 0.6 is 0 Å². The number of likely N-dealkylation sites (tertiary alicyclic amines) is 1. The minimum absolute atomic E-state index is 0.0507. The highest BCUT2D eigenvalue weighted by Crippen LogP contribution is 2.49. The van der Waals surface area contributed by atoms with Crippen molar-refractivity contribution in [2.75, 3.05) is 13.7 Å². The highest BCUT2D eigenvalue weighted by atomic mass is 16.6. The van der Waals surface area contributed by atoms with Gasteiger partial charge in [0.25, 0.3) is 0 Å². The highest BCUT2D eigenvalue weighted by molar-refractivity contribution is 5.90. The van der Waals surface area contributed by atoms with Crippen molar-refractivity contribution >= 4 is 12.1 Å². The number of methoxy groups -OCH3 is 1. The van der Waals surface area contributed by atoms with Gasteiger partial charge in [-0.15, -0.1) is 0 Å². The third kappa shape index (κ3) is 3.28. The van der Waals surface area contributed by atoms with Crippen LogP contribution in [0.5, 0.6) is 0 Å². The molecule has 1 amide bonds. The molecule has 5 heteroatoms. The molecule has 2 rings (SSSR count). The molecule has 124 valence electrons. The van der Waals surface area contributed by atoms with Gasteiger partial charge in [0.2, 0.25) is 0 Å². The molecule has 1 heterocycles. The molecule has 1 saturated heterocycles. The minimum Gasteiger partial charge on any atom is -0.466 e. The van der Waals surface area contributed by atoms with Crippen LogP contribution in [0.1, 0.15) is 53.4 Å². The van der Waals surface area contributed by atoms with E-state index in [0.29, 0.717) is 6.54 Å². The number of carbonyl (C=O) groups is 2. The Kier molecular flexibility index (Phi) is 4.54. The van der Waals surface area contributed by atoms with Crippen LogP contribution in [0.25, 0.3) is 0 Å². The van der Waals surface area contributed by atoms with Crippen LogP contribution in [0, 0.1) is 5.41 Å². The first-order valence-corrected chi connectivity index (χ1v) is 7.97. The standard InChI is InChI=1S/C17H27NO4/c1-12-11-17(8-6-7-13(17)14(19)21-5)9-10-18(12)15(20)22-16(2,3)4/h7,12H,6,8-11H2,1-5H3. The predicted molar refractivity (Wildman–Crippen MR) is 83.4 cm³/mol. The molecule has 1 fully saturated rings. The zero-order chi connectivity index (χ0) is 16.5. The number of hydrogen-bond donors (Lipinski definition) is 0. The lowest BCUT2D eigenvalue weighted by atomic mass is 9.71. The number of rotatable bonds is 1. The number of esters is 1. The van der Waals surface area contributed by atoms with Gasteiger partial charge < -0.3 is 14.4 Å². The third-order valence-corrected chi connectivity index (χ3v) is 4.63. The molecule has 2 unspecified atom stereocenters. The number of piperidine rings is 1. The van der Waals surface area contributed by atoms with E-state index in [0.717, 1.165) is 31.3 Å². The van der Waals surface area contributed by atoms with Crippen molar-refractivity contribution in [1.29, 1.82) is 0 Å². The van der Waals surface area contributed by atoms with Crippen molar-refractivity contribution < 1.29 is 19.1 Å². The van der Waals surface area contributed by atoms with Crippen LogP contribution in [0.15, 0.2) is 11.6 Å². The molecule has 22 heavy (non-hydrogen) atoms. The zero-order valence-electron chi connectivity index (χ0n) is 14.3. The molecule has 0 saturated carbocycles. The molecule has 0 aromatic rings. The van der Waals surface area contributed by atoms with Crippen molar-refractivity contribution in [3.63, 3.8) is 0 Å². The minimum atomic E-state index is -0.490. The normalized spacial score (nSPS) is 28.5. The number of hydrogen-bond acceptors (Lipinski definition) is 4. The van der Waals surface area contributed by atoms with Crippen LogP contribution in [0.2, 0.25) is 0 Å². The lowest BCUT2D eigenvalue weighted by Crippen LogP contribution is -2.50. The van der Waals surface area contributed by atoms with Crippen molar-refractivity contribution in [3.05, 3.63) is 11.6 Å². The number of allylic oxidation sites excluding steroid dienone is 1. The van der Waals surface area contributed by atoms with Gasteiger partial charge in [0.15, 0.2) is 0 Å². The molecule has 2 aliphatic rings. The topological polar surface area (TPSA) is 55.8 Å². The highest BCUT2D eigenvalue weighted by Gasteiger charge is 2.47. The van der Waals surface area contributed by atoms with E-state index in [1.54, 1.807) is 4.90 Å². The van der Waals surface area contributed by atoms with Crippen LogP contribution in [0.4, 0.5) is 4.79 Å². The first kappa shape index (κ1) is 16.8. The largest absolute Gasteiger partial charge is 0.466 e. The summed E-state index contributed by atoms with van der Waals surface area (Å²) in [6, 6.07) is 0.0507. The van der Waals surface area contributed by atoms with Crippen LogP contribution in [0.3, 0.4) is 0 Å². The van der Waals surface area contributed by atoms with Crippen LogP contribution in [-0.4, -0.2) is 42.3 Å². The van der Waals surface area contributed by atoms with E-state index in [4.69, 9.17) is 9.47 Å². The van der Waals surface area contributed by atoms with Gasteiger partial charge in [-0.1, -0.05) is 6.08 Å². The number of ether oxygens (including phenoxy) is 2. The molecule has 5 nitrogen and oxygen atoms in total. The number of amides is 1. The quantitative estimate of drug-likeness (QED) is 0.697. The van der Waals surface area contributed by atoms with Gasteiger partial charge >= 0.3 is 12.1 Å². The Labute approximate surface area is 132 Å². The Morgan fingerprint density at radius 1 is 1.32 bits per heavy atom. The maximum Gasteiger partial charge on any atom is 0.410 e. The average Bonchev–Trinajstić information content (AvgIpc) is 2.78. The summed E-state index contributed by atoms with van der Waals surface area (Å²) in [5.41, 5.74) is 0.173. The Balaban J connectivity index is 2.08. The van der Waals surface area contributed by atoms with E-state index in [9.17, 15) is 9.59 Å². The number of nitrogens with zero attached hydrogens (tertiary/aromatic N) is 1. The van der Waals surface area contributed by atoms with Gasteiger partial charge in [0, 0.05) is 23.6 Å². The molecule has 1 spiro atoms. The van der Waals surface area contributed by atoms with E-state index in [1.165, 1.54) is 7.11 Å². The monoisotopic (exact) mass is 309 g/mol. The molecule has 0 N–H and O–H groups in total. The number of carbonyl (C=O) groups excluding carboxylic acids is 2. The maximum atomic E-state index is 12.3. The third-order valence-electron chi connectivity index (χ3n) is 4.63. The van der Waals surface area contributed by atoms with Crippen LogP contribution < -0.4 is 0 Å². The summed E-state index contributed by atoms with van der Waals surface area (Å²) in [4.78, 5) is 26.1. The fourth-order valence-electron chi connectivity index (χ4n) is 3.65. The Morgan fingerprint density at radius 3 is 2.55 bits per heavy atom. The smallest absolute Gasteiger partial charge is 0.410 e. The Hall–Kier alpha value is -1.52. The first-order valence-electron chi connectivity index (χ1n) is 7.97. The second-order valence-corrected chi connectivity index (χ2v) is 7.41. The van der Waals surface area contributed by atoms with Gasteiger partial charge in [-0.2, -0.15) is 0 Å². The van der Waals surface area contributed by atoms with E-state index in [-0.39, 0.29) is 23.5 Å². The van der Waals surface area contributed by atoms with E-state index < -0.39 is 5.60 Å². The second kappa shape index (κ2) is 5.94. The molecular weight excluding hydrogens is 282 g/mol. The summed E-state index contributed by atoms with van der Waals surface area (Å²) in [7, 11) is 1.43. The summed E-state index contributed by atoms with van der Waals surface area (Å²) < 4.78 is 10.4. The summed E-state index contributed by atoms with van der Waals surface area (Å²) in [5, 5.41) is 0. The summed E-state index contributed by atoms with van der Waals surface area (Å²) in [6.07, 6.45) is 5.18. The lowest BCUT2D eigenvalue weighted by Gasteiger charge is -2.44. The zero-order valence-corrected chi connectivity index (χ0v) is 14.3. The summed E-state index contributed by atoms with van der Waals surface area (Å²) >= 11 is 0. The lowest BCUT2D eigenvalue weighted by molar-refractivity contribution is -0.137. The molecule has 0 radical (unpaired) electrons. The van der Waals surface area contributed by atoms with Crippen LogP contribution in [-0.2, 0) is 14.3 Å². The van der Waals surface area contributed by atoms with Gasteiger partial charge in [-0.3, -0.25) is 0 Å². The Bertz CT molecular complexity index is 491.